The predicted octanol–water partition coefficient (Wildman–Crippen LogP) is 0.281. The third-order valence-electron chi connectivity index (χ3n) is 0.767. The summed E-state index contributed by atoms with van der Waals surface area (Å²) in [4.78, 5) is 9.76. The number of carbonyl (C=O) groups excluding carboxylic acids is 1. The topological polar surface area (TPSA) is 38.3 Å². The van der Waals surface area contributed by atoms with Crippen molar-refractivity contribution < 1.29 is 9.53 Å². The van der Waals surface area contributed by atoms with Crippen LogP contribution in [-0.2, 0) is 9.53 Å². The molecule has 0 aliphatic carbocycles. The first-order valence-electron chi connectivity index (χ1n) is 2.73. The summed E-state index contributed by atoms with van der Waals surface area (Å²) < 4.78 is 4.97. The van der Waals surface area contributed by atoms with Crippen molar-refractivity contribution in [3.8, 4) is 0 Å². The van der Waals surface area contributed by atoms with Crippen LogP contribution < -0.4 is 5.32 Å². The molecule has 0 bridgehead atoms. The predicted molar refractivity (Wildman–Crippen MR) is 34.8 cm³/mol. The first kappa shape index (κ1) is 8.17. The van der Waals surface area contributed by atoms with Crippen LogP contribution in [0.15, 0.2) is 12.7 Å². The molecule has 0 radical (unpaired) electrons. The molecule has 0 saturated carbocycles. The number of hydrogen-bond acceptors (Lipinski definition) is 2. The van der Waals surface area contributed by atoms with Gasteiger partial charge in [0, 0.05) is 0 Å². The van der Waals surface area contributed by atoms with E-state index in [9.17, 15) is 4.79 Å². The van der Waals surface area contributed by atoms with Crippen molar-refractivity contribution >= 4 is 6.41 Å². The molecule has 3 nitrogen and oxygen atoms in total. The van der Waals surface area contributed by atoms with Crippen LogP contribution in [-0.4, -0.2) is 19.2 Å². The summed E-state index contributed by atoms with van der Waals surface area (Å²) in [6.45, 7) is 5.66. The third kappa shape index (κ3) is 5.03. The van der Waals surface area contributed by atoms with E-state index in [1.807, 2.05) is 0 Å². The minimum Gasteiger partial charge on any atom is -0.355 e. The molecule has 3 heteroatoms. The Kier molecular flexibility index (Phi) is 4.82. The van der Waals surface area contributed by atoms with E-state index in [4.69, 9.17) is 4.74 Å². The van der Waals surface area contributed by atoms with Gasteiger partial charge in [-0.25, -0.2) is 0 Å². The van der Waals surface area contributed by atoms with Gasteiger partial charge in [0.1, 0.15) is 6.23 Å². The Morgan fingerprint density at radius 2 is 2.56 bits per heavy atom. The maximum absolute atomic E-state index is 9.76. The van der Waals surface area contributed by atoms with Gasteiger partial charge in [0.15, 0.2) is 0 Å². The Morgan fingerprint density at radius 1 is 1.89 bits per heavy atom. The van der Waals surface area contributed by atoms with E-state index in [1.165, 1.54) is 0 Å². The average Bonchev–Trinajstić information content (AvgIpc) is 1.85. The largest absolute Gasteiger partial charge is 0.355 e. The molecule has 0 aromatic heterocycles. The number of hydrogen-bond donors (Lipinski definition) is 1. The number of ether oxygens (including phenoxy) is 1. The van der Waals surface area contributed by atoms with Crippen molar-refractivity contribution in [3.05, 3.63) is 12.7 Å². The van der Waals surface area contributed by atoms with E-state index in [-0.39, 0.29) is 6.23 Å². The molecule has 1 atom stereocenters. The van der Waals surface area contributed by atoms with Gasteiger partial charge in [-0.1, -0.05) is 6.08 Å². The highest BCUT2D eigenvalue weighted by Crippen LogP contribution is 1.82. The Bertz CT molecular complexity index is 93.1. The van der Waals surface area contributed by atoms with Gasteiger partial charge in [-0.2, -0.15) is 0 Å². The fourth-order valence-corrected chi connectivity index (χ4v) is 0.356. The van der Waals surface area contributed by atoms with E-state index in [2.05, 4.69) is 11.9 Å². The van der Waals surface area contributed by atoms with Crippen LogP contribution in [0.2, 0.25) is 0 Å². The van der Waals surface area contributed by atoms with Gasteiger partial charge in [0.2, 0.25) is 6.41 Å². The number of rotatable bonds is 5. The second kappa shape index (κ2) is 5.31. The normalized spacial score (nSPS) is 12.1. The third-order valence-corrected chi connectivity index (χ3v) is 0.767. The summed E-state index contributed by atoms with van der Waals surface area (Å²) in [5, 5.41) is 2.43. The highest BCUT2D eigenvalue weighted by Gasteiger charge is 1.93. The number of nitrogens with one attached hydrogen (secondary N) is 1. The van der Waals surface area contributed by atoms with Crippen molar-refractivity contribution in [1.29, 1.82) is 0 Å². The Labute approximate surface area is 54.7 Å². The first-order valence-corrected chi connectivity index (χ1v) is 2.73. The fraction of sp³-hybridized carbons (Fsp3) is 0.500. The van der Waals surface area contributed by atoms with E-state index in [0.717, 1.165) is 0 Å². The van der Waals surface area contributed by atoms with Crippen LogP contribution in [0.25, 0.3) is 0 Å². The monoisotopic (exact) mass is 129 g/mol. The van der Waals surface area contributed by atoms with Gasteiger partial charge >= 0.3 is 0 Å². The molecular formula is C6H11NO2. The fourth-order valence-electron chi connectivity index (χ4n) is 0.356. The summed E-state index contributed by atoms with van der Waals surface area (Å²) >= 11 is 0. The molecular weight excluding hydrogens is 118 g/mol. The van der Waals surface area contributed by atoms with Crippen molar-refractivity contribution in [2.24, 2.45) is 0 Å². The quantitative estimate of drug-likeness (QED) is 0.329. The van der Waals surface area contributed by atoms with E-state index < -0.39 is 0 Å². The summed E-state index contributed by atoms with van der Waals surface area (Å²) in [7, 11) is 0. The Morgan fingerprint density at radius 3 is 3.00 bits per heavy atom. The highest BCUT2D eigenvalue weighted by atomic mass is 16.5. The maximum Gasteiger partial charge on any atom is 0.209 e. The van der Waals surface area contributed by atoms with Crippen LogP contribution in [0.1, 0.15) is 6.92 Å². The van der Waals surface area contributed by atoms with Gasteiger partial charge in [-0.15, -0.1) is 6.58 Å². The zero-order valence-corrected chi connectivity index (χ0v) is 5.46. The molecule has 0 spiro atoms. The molecule has 0 aromatic rings. The molecule has 0 aliphatic heterocycles. The van der Waals surface area contributed by atoms with Crippen LogP contribution in [0, 0.1) is 0 Å². The molecule has 1 amide bonds. The molecule has 1 N–H and O–H groups in total. The van der Waals surface area contributed by atoms with Gasteiger partial charge in [-0.3, -0.25) is 4.79 Å². The van der Waals surface area contributed by atoms with Gasteiger partial charge < -0.3 is 10.1 Å². The van der Waals surface area contributed by atoms with Crippen LogP contribution in [0.4, 0.5) is 0 Å². The Hall–Kier alpha value is -0.830. The molecule has 0 fully saturated rings. The summed E-state index contributed by atoms with van der Waals surface area (Å²) in [6.07, 6.45) is 2.01. The standard InChI is InChI=1S/C6H11NO2/c1-3-4-9-6(2)7-5-8/h3,5-6H,1,4H2,2H3,(H,7,8). The zero-order valence-electron chi connectivity index (χ0n) is 5.46. The van der Waals surface area contributed by atoms with E-state index in [1.54, 1.807) is 13.0 Å². The molecule has 0 aliphatic rings. The average molecular weight is 129 g/mol. The van der Waals surface area contributed by atoms with Crippen LogP contribution in [0.3, 0.4) is 0 Å². The molecule has 0 saturated heterocycles. The lowest BCUT2D eigenvalue weighted by Gasteiger charge is -2.08. The zero-order chi connectivity index (χ0) is 7.11. The van der Waals surface area contributed by atoms with Crippen LogP contribution >= 0.6 is 0 Å². The van der Waals surface area contributed by atoms with Crippen molar-refractivity contribution in [2.75, 3.05) is 6.61 Å². The Balaban J connectivity index is 3.14. The molecule has 0 aromatic carbocycles. The van der Waals surface area contributed by atoms with Gasteiger partial charge in [-0.05, 0) is 6.92 Å². The SMILES string of the molecule is C=CCOC(C)NC=O. The van der Waals surface area contributed by atoms with Gasteiger partial charge in [0.25, 0.3) is 0 Å². The maximum atomic E-state index is 9.76. The van der Waals surface area contributed by atoms with E-state index >= 15 is 0 Å². The first-order chi connectivity index (χ1) is 4.31. The van der Waals surface area contributed by atoms with Gasteiger partial charge in [0.05, 0.1) is 6.61 Å². The second-order valence-corrected chi connectivity index (χ2v) is 1.55. The smallest absolute Gasteiger partial charge is 0.209 e. The van der Waals surface area contributed by atoms with Crippen molar-refractivity contribution in [1.82, 2.24) is 5.32 Å². The van der Waals surface area contributed by atoms with Crippen molar-refractivity contribution in [3.63, 3.8) is 0 Å². The van der Waals surface area contributed by atoms with Crippen molar-refractivity contribution in [2.45, 2.75) is 13.2 Å². The number of carbonyl (C=O) groups is 1. The lowest BCUT2D eigenvalue weighted by molar-refractivity contribution is -0.112. The lowest BCUT2D eigenvalue weighted by atomic mass is 10.6. The summed E-state index contributed by atoms with van der Waals surface area (Å²) in [6, 6.07) is 0. The molecule has 52 valence electrons. The molecule has 0 heterocycles. The van der Waals surface area contributed by atoms with E-state index in [0.29, 0.717) is 13.0 Å². The lowest BCUT2D eigenvalue weighted by Crippen LogP contribution is -2.27. The number of amides is 1. The minimum atomic E-state index is -0.222. The van der Waals surface area contributed by atoms with Crippen LogP contribution in [0.5, 0.6) is 0 Å². The second-order valence-electron chi connectivity index (χ2n) is 1.55. The highest BCUT2D eigenvalue weighted by molar-refractivity contribution is 5.46. The molecule has 1 unspecified atom stereocenters. The molecule has 0 rings (SSSR count). The summed E-state index contributed by atoms with van der Waals surface area (Å²) in [5.74, 6) is 0. The molecule has 9 heavy (non-hydrogen) atoms. The minimum absolute atomic E-state index is 0.222. The summed E-state index contributed by atoms with van der Waals surface area (Å²) in [5.41, 5.74) is 0.